The van der Waals surface area contributed by atoms with Crippen LogP contribution in [-0.4, -0.2) is 20.0 Å². The molecular formula is C16H16O3S. The van der Waals surface area contributed by atoms with Gasteiger partial charge in [-0.3, -0.25) is 4.79 Å². The minimum Gasteiger partial charge on any atom is -0.293 e. The number of aryl methyl sites for hydroxylation is 2. The Balaban J connectivity index is 2.27. The van der Waals surface area contributed by atoms with E-state index in [0.717, 1.165) is 11.1 Å². The monoisotopic (exact) mass is 288 g/mol. The first-order chi connectivity index (χ1) is 9.40. The molecule has 0 aliphatic carbocycles. The van der Waals surface area contributed by atoms with Gasteiger partial charge in [-0.05, 0) is 37.1 Å². The van der Waals surface area contributed by atoms with Crippen molar-refractivity contribution in [2.45, 2.75) is 18.7 Å². The van der Waals surface area contributed by atoms with E-state index >= 15 is 0 Å². The lowest BCUT2D eigenvalue weighted by molar-refractivity contribution is 0.102. The van der Waals surface area contributed by atoms with Crippen molar-refractivity contribution < 1.29 is 13.2 Å². The van der Waals surface area contributed by atoms with E-state index in [1.807, 2.05) is 13.8 Å². The van der Waals surface area contributed by atoms with Gasteiger partial charge in [-0.15, -0.1) is 0 Å². The maximum absolute atomic E-state index is 12.3. The summed E-state index contributed by atoms with van der Waals surface area (Å²) in [6, 6.07) is 13.4. The van der Waals surface area contributed by atoms with Gasteiger partial charge in [-0.25, -0.2) is 8.42 Å². The van der Waals surface area contributed by atoms with Gasteiger partial charge in [0.15, 0.2) is 15.6 Å². The van der Waals surface area contributed by atoms with Gasteiger partial charge in [-0.1, -0.05) is 36.4 Å². The summed E-state index contributed by atoms with van der Waals surface area (Å²) in [5, 5.41) is 0. The molecule has 3 nitrogen and oxygen atoms in total. The lowest BCUT2D eigenvalue weighted by Gasteiger charge is -2.07. The van der Waals surface area contributed by atoms with Crippen molar-refractivity contribution in [2.24, 2.45) is 0 Å². The number of carbonyl (C=O) groups is 1. The van der Waals surface area contributed by atoms with Crippen LogP contribution < -0.4 is 0 Å². The van der Waals surface area contributed by atoms with E-state index in [0.29, 0.717) is 5.56 Å². The van der Waals surface area contributed by atoms with Gasteiger partial charge in [0, 0.05) is 5.56 Å². The first-order valence-electron chi connectivity index (χ1n) is 6.28. The Morgan fingerprint density at radius 3 is 2.20 bits per heavy atom. The second kappa shape index (κ2) is 5.59. The fraction of sp³-hybridized carbons (Fsp3) is 0.188. The molecule has 0 aliphatic heterocycles. The molecule has 0 atom stereocenters. The Kier molecular flexibility index (Phi) is 4.04. The second-order valence-corrected chi connectivity index (χ2v) is 6.78. The van der Waals surface area contributed by atoms with E-state index in [1.54, 1.807) is 48.5 Å². The summed E-state index contributed by atoms with van der Waals surface area (Å²) >= 11 is 0. The van der Waals surface area contributed by atoms with E-state index in [4.69, 9.17) is 0 Å². The molecule has 0 spiro atoms. The van der Waals surface area contributed by atoms with E-state index < -0.39 is 15.6 Å². The summed E-state index contributed by atoms with van der Waals surface area (Å²) in [5.41, 5.74) is 2.34. The molecule has 0 fully saturated rings. The second-order valence-electron chi connectivity index (χ2n) is 4.79. The third-order valence-electron chi connectivity index (χ3n) is 3.25. The average molecular weight is 288 g/mol. The normalized spacial score (nSPS) is 11.3. The van der Waals surface area contributed by atoms with Crippen molar-refractivity contribution in [3.8, 4) is 0 Å². The fourth-order valence-electron chi connectivity index (χ4n) is 1.87. The van der Waals surface area contributed by atoms with Gasteiger partial charge in [0.25, 0.3) is 0 Å². The van der Waals surface area contributed by atoms with Crippen LogP contribution in [0.25, 0.3) is 0 Å². The summed E-state index contributed by atoms with van der Waals surface area (Å²) in [5.74, 6) is -0.886. The fourth-order valence-corrected chi connectivity index (χ4v) is 3.18. The minimum absolute atomic E-state index is 0.199. The van der Waals surface area contributed by atoms with E-state index in [1.165, 1.54) is 0 Å². The standard InChI is InChI=1S/C16H16O3S/c1-12-8-9-15(10-13(12)2)20(18,19)11-16(17)14-6-4-3-5-7-14/h3-10H,11H2,1-2H3. The zero-order valence-corrected chi connectivity index (χ0v) is 12.3. The summed E-state index contributed by atoms with van der Waals surface area (Å²) in [4.78, 5) is 12.2. The molecule has 0 aliphatic rings. The molecule has 0 aromatic heterocycles. The molecule has 104 valence electrons. The van der Waals surface area contributed by atoms with E-state index in [9.17, 15) is 13.2 Å². The predicted molar refractivity (Wildman–Crippen MR) is 78.7 cm³/mol. The molecule has 20 heavy (non-hydrogen) atoms. The van der Waals surface area contributed by atoms with Gasteiger partial charge < -0.3 is 0 Å². The number of ketones is 1. The molecule has 0 radical (unpaired) electrons. The highest BCUT2D eigenvalue weighted by atomic mass is 32.2. The van der Waals surface area contributed by atoms with E-state index in [2.05, 4.69) is 0 Å². The molecule has 2 aromatic rings. The van der Waals surface area contributed by atoms with E-state index in [-0.39, 0.29) is 10.7 Å². The first-order valence-corrected chi connectivity index (χ1v) is 7.93. The zero-order chi connectivity index (χ0) is 14.8. The minimum atomic E-state index is -3.60. The van der Waals surface area contributed by atoms with Crippen LogP contribution in [0, 0.1) is 13.8 Å². The molecule has 0 saturated carbocycles. The molecule has 0 saturated heterocycles. The summed E-state index contributed by atoms with van der Waals surface area (Å²) in [6.45, 7) is 3.77. The Morgan fingerprint density at radius 1 is 0.950 bits per heavy atom. The summed E-state index contributed by atoms with van der Waals surface area (Å²) in [6.07, 6.45) is 0. The lowest BCUT2D eigenvalue weighted by atomic mass is 10.1. The number of Topliss-reactive ketones (excluding diaryl/α,β-unsaturated/α-hetero) is 1. The van der Waals surface area contributed by atoms with Crippen LogP contribution in [0.1, 0.15) is 21.5 Å². The number of hydrogen-bond donors (Lipinski definition) is 0. The van der Waals surface area contributed by atoms with Crippen LogP contribution >= 0.6 is 0 Å². The Morgan fingerprint density at radius 2 is 1.60 bits per heavy atom. The maximum Gasteiger partial charge on any atom is 0.185 e. The van der Waals surface area contributed by atoms with Crippen molar-refractivity contribution >= 4 is 15.6 Å². The maximum atomic E-state index is 12.3. The quantitative estimate of drug-likeness (QED) is 0.813. The smallest absolute Gasteiger partial charge is 0.185 e. The van der Waals surface area contributed by atoms with Crippen LogP contribution in [-0.2, 0) is 9.84 Å². The van der Waals surface area contributed by atoms with Gasteiger partial charge in [0.05, 0.1) is 4.90 Å². The van der Waals surface area contributed by atoms with Crippen LogP contribution in [0.15, 0.2) is 53.4 Å². The molecular weight excluding hydrogens is 272 g/mol. The predicted octanol–water partition coefficient (Wildman–Crippen LogP) is 2.96. The zero-order valence-electron chi connectivity index (χ0n) is 11.5. The highest BCUT2D eigenvalue weighted by Gasteiger charge is 2.20. The topological polar surface area (TPSA) is 51.2 Å². The van der Waals surface area contributed by atoms with Gasteiger partial charge in [-0.2, -0.15) is 0 Å². The van der Waals surface area contributed by atoms with Gasteiger partial charge in [0.2, 0.25) is 0 Å². The van der Waals surface area contributed by atoms with Crippen LogP contribution in [0.2, 0.25) is 0 Å². The number of hydrogen-bond acceptors (Lipinski definition) is 3. The molecule has 2 rings (SSSR count). The van der Waals surface area contributed by atoms with Gasteiger partial charge in [0.1, 0.15) is 5.75 Å². The Bertz CT molecular complexity index is 732. The third-order valence-corrected chi connectivity index (χ3v) is 4.87. The first kappa shape index (κ1) is 14.5. The van der Waals surface area contributed by atoms with Crippen molar-refractivity contribution in [1.29, 1.82) is 0 Å². The Labute approximate surface area is 119 Å². The van der Waals surface area contributed by atoms with Crippen molar-refractivity contribution in [1.82, 2.24) is 0 Å². The highest BCUT2D eigenvalue weighted by molar-refractivity contribution is 7.92. The highest BCUT2D eigenvalue weighted by Crippen LogP contribution is 2.17. The van der Waals surface area contributed by atoms with Crippen LogP contribution in [0.4, 0.5) is 0 Å². The molecule has 2 aromatic carbocycles. The molecule has 0 heterocycles. The third kappa shape index (κ3) is 3.14. The SMILES string of the molecule is Cc1ccc(S(=O)(=O)CC(=O)c2ccccc2)cc1C. The molecule has 4 heteroatoms. The van der Waals surface area contributed by atoms with Crippen molar-refractivity contribution in [3.05, 3.63) is 65.2 Å². The largest absolute Gasteiger partial charge is 0.293 e. The average Bonchev–Trinajstić information content (AvgIpc) is 2.42. The number of carbonyl (C=O) groups excluding carboxylic acids is 1. The molecule has 0 bridgehead atoms. The molecule has 0 N–H and O–H groups in total. The summed E-state index contributed by atoms with van der Waals surface area (Å²) < 4.78 is 24.5. The van der Waals surface area contributed by atoms with Gasteiger partial charge >= 0.3 is 0 Å². The number of benzene rings is 2. The van der Waals surface area contributed by atoms with Crippen LogP contribution in [0.3, 0.4) is 0 Å². The summed E-state index contributed by atoms with van der Waals surface area (Å²) in [7, 11) is -3.60. The Hall–Kier alpha value is -1.94. The number of rotatable bonds is 4. The molecule has 0 unspecified atom stereocenters. The van der Waals surface area contributed by atoms with Crippen molar-refractivity contribution in [3.63, 3.8) is 0 Å². The molecule has 0 amide bonds. The lowest BCUT2D eigenvalue weighted by Crippen LogP contribution is -2.16. The number of sulfone groups is 1. The van der Waals surface area contributed by atoms with Crippen molar-refractivity contribution in [2.75, 3.05) is 5.75 Å². The van der Waals surface area contributed by atoms with Crippen LogP contribution in [0.5, 0.6) is 0 Å².